The van der Waals surface area contributed by atoms with Crippen molar-refractivity contribution in [2.75, 3.05) is 7.05 Å². The van der Waals surface area contributed by atoms with Crippen LogP contribution in [0, 0.1) is 0 Å². The van der Waals surface area contributed by atoms with E-state index < -0.39 is 42.2 Å². The topological polar surface area (TPSA) is 119 Å². The normalized spacial score (nSPS) is 16.3. The summed E-state index contributed by atoms with van der Waals surface area (Å²) in [6.07, 6.45) is 0.845. The second-order valence-corrected chi connectivity index (χ2v) is 8.32. The number of nitrogens with zero attached hydrogens (tertiary/aromatic N) is 1. The fourth-order valence-electron chi connectivity index (χ4n) is 3.49. The molecular formula is C23H20Cl2N3NaO5. The first-order valence-corrected chi connectivity index (χ1v) is 10.6. The smallest absolute Gasteiger partial charge is 0.550 e. The molecule has 2 N–H and O–H groups in total. The minimum atomic E-state index is -1.40. The van der Waals surface area contributed by atoms with E-state index >= 15 is 0 Å². The number of hydrogen-bond acceptors (Lipinski definition) is 5. The maximum atomic E-state index is 12.6. The number of Topliss-reactive ketones (excluding diaryl/α,β-unsaturated/α-hetero) is 1. The van der Waals surface area contributed by atoms with Crippen molar-refractivity contribution in [1.82, 2.24) is 15.5 Å². The molecule has 2 aromatic carbocycles. The Morgan fingerprint density at radius 1 is 1.15 bits per heavy atom. The molecule has 0 bridgehead atoms. The zero-order chi connectivity index (χ0) is 24.3. The van der Waals surface area contributed by atoms with Crippen molar-refractivity contribution in [2.24, 2.45) is 0 Å². The van der Waals surface area contributed by atoms with Gasteiger partial charge in [0, 0.05) is 36.8 Å². The van der Waals surface area contributed by atoms with Gasteiger partial charge in [0.15, 0.2) is 11.8 Å². The molecule has 1 aliphatic heterocycles. The number of aliphatic carboxylic acids is 1. The molecule has 172 valence electrons. The summed E-state index contributed by atoms with van der Waals surface area (Å²) in [5, 5.41) is 16.9. The number of amides is 3. The van der Waals surface area contributed by atoms with Crippen LogP contribution in [0.15, 0.2) is 54.2 Å². The van der Waals surface area contributed by atoms with Gasteiger partial charge in [-0.3, -0.25) is 9.59 Å². The van der Waals surface area contributed by atoms with Gasteiger partial charge in [-0.15, -0.1) is 0 Å². The van der Waals surface area contributed by atoms with E-state index in [-0.39, 0.29) is 29.6 Å². The van der Waals surface area contributed by atoms with Crippen molar-refractivity contribution in [3.63, 3.8) is 0 Å². The molecule has 0 aliphatic carbocycles. The predicted molar refractivity (Wildman–Crippen MR) is 121 cm³/mol. The molecule has 34 heavy (non-hydrogen) atoms. The van der Waals surface area contributed by atoms with Gasteiger partial charge in [-0.1, -0.05) is 53.5 Å². The van der Waals surface area contributed by atoms with Crippen LogP contribution in [0.2, 0.25) is 10.0 Å². The number of hydrogen-bond donors (Lipinski definition) is 2. The Morgan fingerprint density at radius 2 is 1.82 bits per heavy atom. The zero-order valence-electron chi connectivity index (χ0n) is 18.7. The van der Waals surface area contributed by atoms with Gasteiger partial charge in [0.2, 0.25) is 0 Å². The van der Waals surface area contributed by atoms with E-state index in [0.29, 0.717) is 32.3 Å². The summed E-state index contributed by atoms with van der Waals surface area (Å²) in [5.41, 5.74) is 2.05. The molecule has 8 nitrogen and oxygen atoms in total. The van der Waals surface area contributed by atoms with Gasteiger partial charge in [0.1, 0.15) is 0 Å². The summed E-state index contributed by atoms with van der Waals surface area (Å²) in [7, 11) is 1.47. The number of halogens is 2. The number of carbonyl (C=O) groups excluding carboxylic acids is 4. The van der Waals surface area contributed by atoms with Gasteiger partial charge in [0.25, 0.3) is 5.91 Å². The molecule has 0 fully saturated rings. The number of likely N-dealkylation sites (N-methyl/N-ethyl adjacent to an activating group) is 1. The number of nitrogens with one attached hydrogen (secondary N) is 2. The average Bonchev–Trinajstić information content (AvgIpc) is 2.76. The molecule has 0 radical (unpaired) electrons. The van der Waals surface area contributed by atoms with Crippen LogP contribution in [0.3, 0.4) is 0 Å². The monoisotopic (exact) mass is 511 g/mol. The third-order valence-electron chi connectivity index (χ3n) is 5.14. The van der Waals surface area contributed by atoms with Crippen molar-refractivity contribution in [3.8, 4) is 11.1 Å². The van der Waals surface area contributed by atoms with Gasteiger partial charge >= 0.3 is 35.6 Å². The largest absolute Gasteiger partial charge is 1.00 e. The third kappa shape index (κ3) is 6.40. The number of ketones is 1. The Kier molecular flexibility index (Phi) is 9.73. The van der Waals surface area contributed by atoms with E-state index in [2.05, 4.69) is 10.6 Å². The summed E-state index contributed by atoms with van der Waals surface area (Å²) < 4.78 is 0. The van der Waals surface area contributed by atoms with E-state index in [4.69, 9.17) is 23.2 Å². The van der Waals surface area contributed by atoms with Gasteiger partial charge < -0.3 is 25.4 Å². The summed E-state index contributed by atoms with van der Waals surface area (Å²) >= 11 is 12.4. The molecule has 0 saturated heterocycles. The molecular weight excluding hydrogens is 492 g/mol. The molecule has 3 rings (SSSR count). The first kappa shape index (κ1) is 27.9. The third-order valence-corrected chi connectivity index (χ3v) is 5.95. The van der Waals surface area contributed by atoms with Crippen LogP contribution in [-0.4, -0.2) is 41.7 Å². The molecule has 0 saturated carbocycles. The summed E-state index contributed by atoms with van der Waals surface area (Å²) in [6, 6.07) is 8.60. The van der Waals surface area contributed by atoms with Crippen molar-refractivity contribution >= 4 is 46.9 Å². The quantitative estimate of drug-likeness (QED) is 0.398. The van der Waals surface area contributed by atoms with Crippen molar-refractivity contribution < 1.29 is 53.8 Å². The first-order chi connectivity index (χ1) is 15.6. The number of carbonyl (C=O) groups is 4. The summed E-state index contributed by atoms with van der Waals surface area (Å²) in [5.74, 6) is -2.54. The van der Waals surface area contributed by atoms with E-state index in [9.17, 15) is 24.3 Å². The molecule has 2 atom stereocenters. The zero-order valence-corrected chi connectivity index (χ0v) is 22.2. The maximum Gasteiger partial charge on any atom is 1.00 e. The van der Waals surface area contributed by atoms with E-state index in [1.807, 2.05) is 0 Å². The Bertz CT molecular complexity index is 1170. The average molecular weight is 512 g/mol. The Labute approximate surface area is 228 Å². The molecule has 1 heterocycles. The van der Waals surface area contributed by atoms with Gasteiger partial charge in [-0.2, -0.15) is 0 Å². The summed E-state index contributed by atoms with van der Waals surface area (Å²) in [6.45, 7) is 1.53. The molecule has 2 unspecified atom stereocenters. The van der Waals surface area contributed by atoms with Crippen LogP contribution in [-0.2, 0) is 14.4 Å². The minimum absolute atomic E-state index is 0. The van der Waals surface area contributed by atoms with E-state index in [0.717, 1.165) is 0 Å². The molecule has 2 aromatic rings. The van der Waals surface area contributed by atoms with Gasteiger partial charge in [-0.05, 0) is 30.2 Å². The molecule has 0 spiro atoms. The Hall–Kier alpha value is -2.36. The minimum Gasteiger partial charge on any atom is -0.550 e. The second-order valence-electron chi connectivity index (χ2n) is 7.53. The number of carboxylic acid groups (broad SMARTS) is 1. The van der Waals surface area contributed by atoms with Crippen LogP contribution >= 0.6 is 23.2 Å². The van der Waals surface area contributed by atoms with Crippen molar-refractivity contribution in [3.05, 3.63) is 69.8 Å². The Morgan fingerprint density at radius 3 is 2.50 bits per heavy atom. The number of benzene rings is 2. The van der Waals surface area contributed by atoms with E-state index in [1.165, 1.54) is 25.1 Å². The van der Waals surface area contributed by atoms with Crippen LogP contribution in [0.1, 0.15) is 24.9 Å². The standard InChI is InChI=1S/C23H21Cl2N3O5.Na/c1-12-11-28(2)22(32)20(21(12)31)27-23(33)26-17(10-18(29)30)14-6-3-5-13(9-14)15-7-4-8-16(24)19(15)25;/h3-9,11,17,20H,10H2,1-2H3,(H,29,30)(H2,26,27,33);/q;+1/p-1. The fourth-order valence-corrected chi connectivity index (χ4v) is 3.90. The van der Waals surface area contributed by atoms with Crippen LogP contribution < -0.4 is 45.3 Å². The van der Waals surface area contributed by atoms with Crippen molar-refractivity contribution in [2.45, 2.75) is 25.4 Å². The van der Waals surface area contributed by atoms with Gasteiger partial charge in [0.05, 0.1) is 16.1 Å². The van der Waals surface area contributed by atoms with Crippen LogP contribution in [0.5, 0.6) is 0 Å². The SMILES string of the molecule is CC1=CN(C)C(=O)C(NC(=O)NC(CC(=O)[O-])c2cccc(-c3cccc(Cl)c3Cl)c2)C1=O.[Na+]. The van der Waals surface area contributed by atoms with Gasteiger partial charge in [-0.25, -0.2) is 4.79 Å². The number of carboxylic acids is 1. The number of rotatable bonds is 6. The van der Waals surface area contributed by atoms with Crippen LogP contribution in [0.25, 0.3) is 11.1 Å². The summed E-state index contributed by atoms with van der Waals surface area (Å²) in [4.78, 5) is 49.8. The molecule has 3 amide bonds. The maximum absolute atomic E-state index is 12.6. The number of urea groups is 1. The van der Waals surface area contributed by atoms with Crippen LogP contribution in [0.4, 0.5) is 4.79 Å². The molecule has 11 heteroatoms. The fraction of sp³-hybridized carbons (Fsp3) is 0.217. The second kappa shape index (κ2) is 11.9. The first-order valence-electron chi connectivity index (χ1n) is 9.89. The molecule has 0 aromatic heterocycles. The van der Waals surface area contributed by atoms with E-state index in [1.54, 1.807) is 42.5 Å². The molecule has 1 aliphatic rings. The Balaban J connectivity index is 0.00000408. The predicted octanol–water partition coefficient (Wildman–Crippen LogP) is -0.542. The van der Waals surface area contributed by atoms with Crippen molar-refractivity contribution in [1.29, 1.82) is 0 Å².